The molecule has 0 bridgehead atoms. The number of nitrogens with one attached hydrogen (secondary N) is 2. The van der Waals surface area contributed by atoms with Gasteiger partial charge in [-0.05, 0) is 32.6 Å². The van der Waals surface area contributed by atoms with Crippen molar-refractivity contribution in [2.45, 2.75) is 51.0 Å². The van der Waals surface area contributed by atoms with Crippen LogP contribution in [0.4, 0.5) is 10.6 Å². The minimum atomic E-state index is -0.224. The summed E-state index contributed by atoms with van der Waals surface area (Å²) in [5, 5.41) is 18.9. The van der Waals surface area contributed by atoms with Crippen LogP contribution in [0.1, 0.15) is 50.6 Å². The number of aliphatic hydroxyl groups is 1. The number of nitrogens with zero attached hydrogens (tertiary/aromatic N) is 2. The van der Waals surface area contributed by atoms with Crippen LogP contribution >= 0.6 is 0 Å². The van der Waals surface area contributed by atoms with E-state index in [1.54, 1.807) is 4.68 Å². The maximum atomic E-state index is 11.9. The quantitative estimate of drug-likeness (QED) is 0.745. The molecule has 0 radical (unpaired) electrons. The predicted octanol–water partition coefficient (Wildman–Crippen LogP) is 1.97. The minimum absolute atomic E-state index is 0.0430. The molecule has 2 amide bonds. The van der Waals surface area contributed by atoms with Crippen LogP contribution in [0.3, 0.4) is 0 Å². The van der Waals surface area contributed by atoms with Gasteiger partial charge >= 0.3 is 6.03 Å². The summed E-state index contributed by atoms with van der Waals surface area (Å²) in [6, 6.07) is 1.78. The molecule has 112 valence electrons. The van der Waals surface area contributed by atoms with Gasteiger partial charge in [0.05, 0.1) is 5.69 Å². The zero-order chi connectivity index (χ0) is 14.5. The molecule has 0 saturated heterocycles. The fourth-order valence-corrected chi connectivity index (χ4v) is 2.36. The lowest BCUT2D eigenvalue weighted by atomic mass is 9.83. The van der Waals surface area contributed by atoms with Gasteiger partial charge in [0.15, 0.2) is 0 Å². The summed E-state index contributed by atoms with van der Waals surface area (Å²) in [4.78, 5) is 11.9. The molecule has 0 aromatic carbocycles. The van der Waals surface area contributed by atoms with Gasteiger partial charge in [-0.15, -0.1) is 0 Å². The molecule has 1 atom stereocenters. The molecule has 1 saturated carbocycles. The predicted molar refractivity (Wildman–Crippen MR) is 77.7 cm³/mol. The number of anilines is 1. The molecular weight excluding hydrogens is 256 g/mol. The maximum Gasteiger partial charge on any atom is 0.320 e. The molecule has 1 heterocycles. The highest BCUT2D eigenvalue weighted by molar-refractivity contribution is 5.88. The van der Waals surface area contributed by atoms with Gasteiger partial charge in [0.2, 0.25) is 0 Å². The number of urea groups is 1. The average Bonchev–Trinajstić information content (AvgIpc) is 2.65. The Balaban J connectivity index is 1.85. The molecule has 1 unspecified atom stereocenters. The highest BCUT2D eigenvalue weighted by Gasteiger charge is 2.23. The third-order valence-electron chi connectivity index (χ3n) is 3.84. The number of hydrogen-bond acceptors (Lipinski definition) is 3. The Morgan fingerprint density at radius 1 is 1.60 bits per heavy atom. The van der Waals surface area contributed by atoms with E-state index in [0.29, 0.717) is 12.3 Å². The second-order valence-corrected chi connectivity index (χ2v) is 5.57. The van der Waals surface area contributed by atoms with Gasteiger partial charge in [-0.25, -0.2) is 4.79 Å². The van der Waals surface area contributed by atoms with Crippen molar-refractivity contribution in [1.82, 2.24) is 15.1 Å². The molecule has 20 heavy (non-hydrogen) atoms. The molecule has 1 aromatic rings. The summed E-state index contributed by atoms with van der Waals surface area (Å²) in [6.45, 7) is 2.08. The van der Waals surface area contributed by atoms with Crippen molar-refractivity contribution in [3.05, 3.63) is 11.8 Å². The summed E-state index contributed by atoms with van der Waals surface area (Å²) in [7, 11) is 1.84. The van der Waals surface area contributed by atoms with Crippen LogP contribution in [-0.4, -0.2) is 33.6 Å². The molecule has 1 aliphatic carbocycles. The Labute approximate surface area is 119 Å². The Kier molecular flexibility index (Phi) is 5.00. The first kappa shape index (κ1) is 14.8. The van der Waals surface area contributed by atoms with Crippen LogP contribution in [0.25, 0.3) is 0 Å². The fourth-order valence-electron chi connectivity index (χ4n) is 2.36. The van der Waals surface area contributed by atoms with Crippen LogP contribution in [-0.2, 0) is 7.05 Å². The summed E-state index contributed by atoms with van der Waals surface area (Å²) in [5.74, 6) is 1.28. The summed E-state index contributed by atoms with van der Waals surface area (Å²) in [5.41, 5.74) is 1.07. The van der Waals surface area contributed by atoms with Crippen LogP contribution < -0.4 is 10.6 Å². The summed E-state index contributed by atoms with van der Waals surface area (Å²) in [6.07, 6.45) is 5.12. The van der Waals surface area contributed by atoms with Gasteiger partial charge in [-0.2, -0.15) is 5.10 Å². The van der Waals surface area contributed by atoms with E-state index < -0.39 is 0 Å². The molecule has 1 fully saturated rings. The van der Waals surface area contributed by atoms with Crippen molar-refractivity contribution in [2.24, 2.45) is 7.05 Å². The SMILES string of the molecule is CC(CCCO)NC(=O)Nc1cc(C2CCC2)nn1C. The standard InChI is InChI=1S/C14H24N4O2/c1-10(5-4-8-19)15-14(20)16-13-9-12(17-18(13)2)11-6-3-7-11/h9-11,19H,3-8H2,1-2H3,(H2,15,16,20). The van der Waals surface area contributed by atoms with E-state index in [9.17, 15) is 4.79 Å². The van der Waals surface area contributed by atoms with Crippen molar-refractivity contribution in [3.8, 4) is 0 Å². The second kappa shape index (κ2) is 6.74. The van der Waals surface area contributed by atoms with Gasteiger partial charge in [0.1, 0.15) is 5.82 Å². The third kappa shape index (κ3) is 3.72. The van der Waals surface area contributed by atoms with Gasteiger partial charge in [0, 0.05) is 31.7 Å². The summed E-state index contributed by atoms with van der Waals surface area (Å²) >= 11 is 0. The lowest BCUT2D eigenvalue weighted by Gasteiger charge is -2.22. The number of aromatic nitrogens is 2. The van der Waals surface area contributed by atoms with Crippen LogP contribution in [0.15, 0.2) is 6.07 Å². The van der Waals surface area contributed by atoms with E-state index in [0.717, 1.165) is 17.9 Å². The Hall–Kier alpha value is -1.56. The van der Waals surface area contributed by atoms with E-state index in [4.69, 9.17) is 5.11 Å². The monoisotopic (exact) mass is 280 g/mol. The minimum Gasteiger partial charge on any atom is -0.396 e. The first-order chi connectivity index (χ1) is 9.60. The van der Waals surface area contributed by atoms with E-state index in [-0.39, 0.29) is 18.7 Å². The smallest absolute Gasteiger partial charge is 0.320 e. The normalized spacial score (nSPS) is 16.6. The molecular formula is C14H24N4O2. The highest BCUT2D eigenvalue weighted by Crippen LogP contribution is 2.36. The number of aliphatic hydroxyl groups excluding tert-OH is 1. The Morgan fingerprint density at radius 3 is 2.95 bits per heavy atom. The number of amides is 2. The Morgan fingerprint density at radius 2 is 2.35 bits per heavy atom. The Bertz CT molecular complexity index is 454. The number of rotatable bonds is 6. The molecule has 1 aliphatic rings. The van der Waals surface area contributed by atoms with Crippen molar-refractivity contribution < 1.29 is 9.90 Å². The van der Waals surface area contributed by atoms with Gasteiger partial charge in [-0.1, -0.05) is 6.42 Å². The first-order valence-electron chi connectivity index (χ1n) is 7.32. The third-order valence-corrected chi connectivity index (χ3v) is 3.84. The first-order valence-corrected chi connectivity index (χ1v) is 7.32. The van der Waals surface area contributed by atoms with Crippen LogP contribution in [0, 0.1) is 0 Å². The molecule has 1 aromatic heterocycles. The summed E-state index contributed by atoms with van der Waals surface area (Å²) < 4.78 is 1.71. The number of hydrogen-bond donors (Lipinski definition) is 3. The largest absolute Gasteiger partial charge is 0.396 e. The van der Waals surface area contributed by atoms with Gasteiger partial charge in [0.25, 0.3) is 0 Å². The van der Waals surface area contributed by atoms with Crippen LogP contribution in [0.2, 0.25) is 0 Å². The molecule has 0 aliphatic heterocycles. The average molecular weight is 280 g/mol. The van der Waals surface area contributed by atoms with Gasteiger partial charge in [-0.3, -0.25) is 10.00 Å². The van der Waals surface area contributed by atoms with Gasteiger partial charge < -0.3 is 10.4 Å². The van der Waals surface area contributed by atoms with Crippen molar-refractivity contribution in [2.75, 3.05) is 11.9 Å². The number of aryl methyl sites for hydroxylation is 1. The van der Waals surface area contributed by atoms with E-state index in [1.807, 2.05) is 20.0 Å². The molecule has 6 heteroatoms. The van der Waals surface area contributed by atoms with Crippen molar-refractivity contribution in [3.63, 3.8) is 0 Å². The van der Waals surface area contributed by atoms with E-state index >= 15 is 0 Å². The van der Waals surface area contributed by atoms with Crippen LogP contribution in [0.5, 0.6) is 0 Å². The molecule has 2 rings (SSSR count). The number of carbonyl (C=O) groups is 1. The lowest BCUT2D eigenvalue weighted by molar-refractivity contribution is 0.245. The lowest BCUT2D eigenvalue weighted by Crippen LogP contribution is -2.36. The maximum absolute atomic E-state index is 11.9. The topological polar surface area (TPSA) is 79.2 Å². The molecule has 6 nitrogen and oxygen atoms in total. The fraction of sp³-hybridized carbons (Fsp3) is 0.714. The van der Waals surface area contributed by atoms with Crippen molar-refractivity contribution >= 4 is 11.8 Å². The molecule has 3 N–H and O–H groups in total. The van der Waals surface area contributed by atoms with E-state index in [1.165, 1.54) is 19.3 Å². The highest BCUT2D eigenvalue weighted by atomic mass is 16.3. The zero-order valence-electron chi connectivity index (χ0n) is 12.2. The molecule has 0 spiro atoms. The van der Waals surface area contributed by atoms with E-state index in [2.05, 4.69) is 15.7 Å². The second-order valence-electron chi connectivity index (χ2n) is 5.57. The number of carbonyl (C=O) groups excluding carboxylic acids is 1. The van der Waals surface area contributed by atoms with Crippen molar-refractivity contribution in [1.29, 1.82) is 0 Å². The zero-order valence-corrected chi connectivity index (χ0v) is 12.2.